The molecule has 0 bridgehead atoms. The second-order valence-corrected chi connectivity index (χ2v) is 6.32. The number of sulfonamides is 1. The summed E-state index contributed by atoms with van der Waals surface area (Å²) in [6.45, 7) is 2.02. The molecule has 3 rings (SSSR count). The summed E-state index contributed by atoms with van der Waals surface area (Å²) in [7, 11) is -3.60. The molecule has 5 nitrogen and oxygen atoms in total. The van der Waals surface area contributed by atoms with E-state index in [2.05, 4.69) is 9.71 Å². The predicted octanol–water partition coefficient (Wildman–Crippen LogP) is 3.19. The average molecular weight is 302 g/mol. The van der Waals surface area contributed by atoms with Crippen LogP contribution in [0.5, 0.6) is 0 Å². The lowest BCUT2D eigenvalue weighted by Crippen LogP contribution is -2.12. The smallest absolute Gasteiger partial charge is 0.261 e. The molecular weight excluding hydrogens is 288 g/mol. The van der Waals surface area contributed by atoms with Crippen molar-refractivity contribution < 1.29 is 12.8 Å². The van der Waals surface area contributed by atoms with E-state index in [1.807, 2.05) is 19.1 Å². The van der Waals surface area contributed by atoms with Gasteiger partial charge in [0.15, 0.2) is 12.0 Å². The molecule has 1 heterocycles. The van der Waals surface area contributed by atoms with Gasteiger partial charge < -0.3 is 4.42 Å². The normalized spacial score (nSPS) is 11.7. The van der Waals surface area contributed by atoms with Gasteiger partial charge >= 0.3 is 0 Å². The first-order chi connectivity index (χ1) is 10.1. The Labute approximate surface area is 122 Å². The molecule has 21 heavy (non-hydrogen) atoms. The van der Waals surface area contributed by atoms with Gasteiger partial charge in [-0.3, -0.25) is 4.72 Å². The van der Waals surface area contributed by atoms with Gasteiger partial charge in [-0.2, -0.15) is 0 Å². The molecule has 1 N–H and O–H groups in total. The Balaban J connectivity index is 1.90. The third-order valence-electron chi connectivity index (χ3n) is 3.22. The van der Waals surface area contributed by atoms with Gasteiger partial charge in [0.2, 0.25) is 0 Å². The van der Waals surface area contributed by atoms with Crippen molar-refractivity contribution in [3.8, 4) is 0 Å². The van der Waals surface area contributed by atoms with Gasteiger partial charge in [-0.1, -0.05) is 19.1 Å². The number of benzene rings is 2. The fraction of sp³-hybridized carbons (Fsp3) is 0.133. The summed E-state index contributed by atoms with van der Waals surface area (Å²) in [5.41, 5.74) is 2.77. The fourth-order valence-electron chi connectivity index (χ4n) is 2.04. The van der Waals surface area contributed by atoms with Crippen LogP contribution in [0.1, 0.15) is 12.5 Å². The quantitative estimate of drug-likeness (QED) is 0.803. The molecule has 3 aromatic rings. The molecule has 2 aromatic carbocycles. The SMILES string of the molecule is CCc1ccc(S(=O)(=O)Nc2ccc3ocnc3c2)cc1. The number of hydrogen-bond acceptors (Lipinski definition) is 4. The predicted molar refractivity (Wildman–Crippen MR) is 80.6 cm³/mol. The lowest BCUT2D eigenvalue weighted by atomic mass is 10.2. The van der Waals surface area contributed by atoms with Crippen LogP contribution >= 0.6 is 0 Å². The van der Waals surface area contributed by atoms with Crippen LogP contribution in [0.25, 0.3) is 11.1 Å². The van der Waals surface area contributed by atoms with Crippen molar-refractivity contribution in [3.05, 3.63) is 54.4 Å². The van der Waals surface area contributed by atoms with Crippen LogP contribution in [-0.4, -0.2) is 13.4 Å². The van der Waals surface area contributed by atoms with Crippen LogP contribution in [0.2, 0.25) is 0 Å². The largest absolute Gasteiger partial charge is 0.443 e. The number of fused-ring (bicyclic) bond motifs is 1. The minimum Gasteiger partial charge on any atom is -0.443 e. The van der Waals surface area contributed by atoms with E-state index < -0.39 is 10.0 Å². The third-order valence-corrected chi connectivity index (χ3v) is 4.62. The number of aryl methyl sites for hydroxylation is 1. The molecule has 0 saturated carbocycles. The Hall–Kier alpha value is -2.34. The van der Waals surface area contributed by atoms with E-state index in [1.54, 1.807) is 30.3 Å². The summed E-state index contributed by atoms with van der Waals surface area (Å²) in [4.78, 5) is 4.24. The van der Waals surface area contributed by atoms with Crippen molar-refractivity contribution in [1.29, 1.82) is 0 Å². The standard InChI is InChI=1S/C15H14N2O3S/c1-2-11-3-6-13(7-4-11)21(18,19)17-12-5-8-15-14(9-12)16-10-20-15/h3-10,17H,2H2,1H3. The van der Waals surface area contributed by atoms with Crippen LogP contribution in [0.15, 0.2) is 58.2 Å². The first-order valence-electron chi connectivity index (χ1n) is 6.53. The molecule has 0 atom stereocenters. The van der Waals surface area contributed by atoms with Crippen LogP contribution in [0, 0.1) is 0 Å². The number of hydrogen-bond donors (Lipinski definition) is 1. The van der Waals surface area contributed by atoms with E-state index in [-0.39, 0.29) is 4.90 Å². The molecule has 0 aliphatic carbocycles. The van der Waals surface area contributed by atoms with Crippen molar-refractivity contribution >= 4 is 26.8 Å². The maximum absolute atomic E-state index is 12.3. The van der Waals surface area contributed by atoms with E-state index in [4.69, 9.17) is 4.42 Å². The Morgan fingerprint density at radius 1 is 1.14 bits per heavy atom. The second-order valence-electron chi connectivity index (χ2n) is 4.64. The van der Waals surface area contributed by atoms with Crippen LogP contribution < -0.4 is 4.72 Å². The van der Waals surface area contributed by atoms with E-state index >= 15 is 0 Å². The Kier molecular flexibility index (Phi) is 3.39. The highest BCUT2D eigenvalue weighted by Crippen LogP contribution is 2.21. The molecule has 6 heteroatoms. The van der Waals surface area contributed by atoms with Crippen LogP contribution in [0.3, 0.4) is 0 Å². The zero-order valence-corrected chi connectivity index (χ0v) is 12.2. The molecule has 108 valence electrons. The molecular formula is C15H14N2O3S. The minimum atomic E-state index is -3.60. The molecule has 0 amide bonds. The summed E-state index contributed by atoms with van der Waals surface area (Å²) in [5, 5.41) is 0. The average Bonchev–Trinajstić information content (AvgIpc) is 2.94. The molecule has 0 fully saturated rings. The summed E-state index contributed by atoms with van der Waals surface area (Å²) >= 11 is 0. The van der Waals surface area contributed by atoms with Gasteiger partial charge in [0.1, 0.15) is 5.52 Å². The van der Waals surface area contributed by atoms with Crippen molar-refractivity contribution in [3.63, 3.8) is 0 Å². The number of oxazole rings is 1. The number of nitrogens with zero attached hydrogens (tertiary/aromatic N) is 1. The lowest BCUT2D eigenvalue weighted by molar-refractivity contribution is 0.600. The van der Waals surface area contributed by atoms with Gasteiger partial charge in [0.25, 0.3) is 10.0 Å². The first-order valence-corrected chi connectivity index (χ1v) is 8.02. The number of nitrogens with one attached hydrogen (secondary N) is 1. The Morgan fingerprint density at radius 2 is 1.90 bits per heavy atom. The molecule has 0 radical (unpaired) electrons. The zero-order chi connectivity index (χ0) is 14.9. The van der Waals surface area contributed by atoms with Crippen molar-refractivity contribution in [2.45, 2.75) is 18.2 Å². The highest BCUT2D eigenvalue weighted by Gasteiger charge is 2.14. The van der Waals surface area contributed by atoms with Crippen LogP contribution in [-0.2, 0) is 16.4 Å². The third kappa shape index (κ3) is 2.75. The highest BCUT2D eigenvalue weighted by molar-refractivity contribution is 7.92. The zero-order valence-electron chi connectivity index (χ0n) is 11.4. The van der Waals surface area contributed by atoms with Gasteiger partial charge in [0, 0.05) is 0 Å². The number of aromatic nitrogens is 1. The lowest BCUT2D eigenvalue weighted by Gasteiger charge is -2.08. The number of anilines is 1. The van der Waals surface area contributed by atoms with Crippen molar-refractivity contribution in [1.82, 2.24) is 4.98 Å². The molecule has 0 saturated heterocycles. The summed E-state index contributed by atoms with van der Waals surface area (Å²) in [6.07, 6.45) is 2.20. The number of rotatable bonds is 4. The monoisotopic (exact) mass is 302 g/mol. The maximum Gasteiger partial charge on any atom is 0.261 e. The van der Waals surface area contributed by atoms with Crippen molar-refractivity contribution in [2.75, 3.05) is 4.72 Å². The Bertz CT molecular complexity index is 867. The molecule has 1 aromatic heterocycles. The highest BCUT2D eigenvalue weighted by atomic mass is 32.2. The molecule has 0 aliphatic heterocycles. The van der Waals surface area contributed by atoms with E-state index in [1.165, 1.54) is 6.39 Å². The fourth-order valence-corrected chi connectivity index (χ4v) is 3.09. The van der Waals surface area contributed by atoms with Crippen molar-refractivity contribution in [2.24, 2.45) is 0 Å². The maximum atomic E-state index is 12.3. The second kappa shape index (κ2) is 5.21. The van der Waals surface area contributed by atoms with E-state index in [0.29, 0.717) is 16.8 Å². The van der Waals surface area contributed by atoms with E-state index in [9.17, 15) is 8.42 Å². The summed E-state index contributed by atoms with van der Waals surface area (Å²) in [6, 6.07) is 11.8. The van der Waals surface area contributed by atoms with Crippen LogP contribution in [0.4, 0.5) is 5.69 Å². The van der Waals surface area contributed by atoms with Gasteiger partial charge in [-0.15, -0.1) is 0 Å². The van der Waals surface area contributed by atoms with Gasteiger partial charge in [-0.25, -0.2) is 13.4 Å². The van der Waals surface area contributed by atoms with Gasteiger partial charge in [-0.05, 0) is 42.3 Å². The summed E-state index contributed by atoms with van der Waals surface area (Å²) in [5.74, 6) is 0. The Morgan fingerprint density at radius 3 is 2.62 bits per heavy atom. The molecule has 0 aliphatic rings. The first kappa shape index (κ1) is 13.6. The van der Waals surface area contributed by atoms with Gasteiger partial charge in [0.05, 0.1) is 10.6 Å². The minimum absolute atomic E-state index is 0.236. The van der Waals surface area contributed by atoms with E-state index in [0.717, 1.165) is 12.0 Å². The molecule has 0 spiro atoms. The summed E-state index contributed by atoms with van der Waals surface area (Å²) < 4.78 is 32.3. The topological polar surface area (TPSA) is 72.2 Å². The molecule has 0 unspecified atom stereocenters.